The lowest BCUT2D eigenvalue weighted by Gasteiger charge is -2.29. The smallest absolute Gasteiger partial charge is 0.337 e. The van der Waals surface area contributed by atoms with Gasteiger partial charge >= 0.3 is 11.9 Å². The Morgan fingerprint density at radius 3 is 1.96 bits per heavy atom. The summed E-state index contributed by atoms with van der Waals surface area (Å²) in [7, 11) is 0. The molecule has 8 N–H and O–H groups in total. The van der Waals surface area contributed by atoms with E-state index in [2.05, 4.69) is 29.7 Å². The van der Waals surface area contributed by atoms with Crippen LogP contribution in [0.2, 0.25) is 0 Å². The molecule has 53 heavy (non-hydrogen) atoms. The number of hydrogen-bond donors (Lipinski definition) is 7. The quantitative estimate of drug-likeness (QED) is 0.0698. The van der Waals surface area contributed by atoms with Gasteiger partial charge in [0.25, 0.3) is 0 Å². The highest BCUT2D eigenvalue weighted by Gasteiger charge is 2.34. The molecule has 0 aliphatic heterocycles. The molecule has 16 nitrogen and oxygen atoms in total. The molecule has 5 atom stereocenters. The molecule has 6 amide bonds. The summed E-state index contributed by atoms with van der Waals surface area (Å²) in [6.45, 7) is 4.98. The van der Waals surface area contributed by atoms with E-state index < -0.39 is 84.0 Å². The first-order chi connectivity index (χ1) is 25.1. The molecule has 1 aliphatic carbocycles. The number of hydrogen-bond acceptors (Lipinski definition) is 9. The van der Waals surface area contributed by atoms with Gasteiger partial charge in [-0.1, -0.05) is 76.3 Å². The summed E-state index contributed by atoms with van der Waals surface area (Å²) in [4.78, 5) is 102. The van der Waals surface area contributed by atoms with E-state index in [0.717, 1.165) is 37.7 Å². The summed E-state index contributed by atoms with van der Waals surface area (Å²) in [6, 6.07) is 2.54. The Bertz CT molecular complexity index is 1470. The molecule has 1 aromatic carbocycles. The van der Waals surface area contributed by atoms with Gasteiger partial charge < -0.3 is 40.5 Å². The lowest BCUT2D eigenvalue weighted by molar-refractivity contribution is -0.142. The van der Waals surface area contributed by atoms with Crippen molar-refractivity contribution in [1.82, 2.24) is 26.6 Å². The van der Waals surface area contributed by atoms with Crippen LogP contribution in [0.3, 0.4) is 0 Å². The van der Waals surface area contributed by atoms with Crippen molar-refractivity contribution in [2.45, 2.75) is 115 Å². The van der Waals surface area contributed by atoms with Crippen LogP contribution >= 0.6 is 23.0 Å². The largest absolute Gasteiger partial charge is 0.481 e. The maximum atomic E-state index is 13.9. The zero-order valence-electron chi connectivity index (χ0n) is 30.2. The lowest BCUT2D eigenvalue weighted by Crippen LogP contribution is -2.59. The number of nitrogens with two attached hydrogens (primary N) is 1. The molecule has 1 aliphatic rings. The van der Waals surface area contributed by atoms with E-state index in [4.69, 9.17) is 5.73 Å². The van der Waals surface area contributed by atoms with Crippen LogP contribution in [0.5, 0.6) is 0 Å². The Morgan fingerprint density at radius 1 is 0.811 bits per heavy atom. The lowest BCUT2D eigenvalue weighted by atomic mass is 9.84. The molecule has 0 heterocycles. The highest BCUT2D eigenvalue weighted by molar-refractivity contribution is 14.1. The van der Waals surface area contributed by atoms with Gasteiger partial charge in [0.2, 0.25) is 35.4 Å². The number of nitrogens with one attached hydrogen (secondary N) is 5. The fourth-order valence-electron chi connectivity index (χ4n) is 5.84. The van der Waals surface area contributed by atoms with Gasteiger partial charge in [0.05, 0.1) is 6.42 Å². The summed E-state index contributed by atoms with van der Waals surface area (Å²) in [5.41, 5.74) is 6.06. The molecule has 0 unspecified atom stereocenters. The first-order valence-electron chi connectivity index (χ1n) is 17.7. The first-order valence-corrected chi connectivity index (χ1v) is 18.5. The number of carboxylic acids is 1. The number of benzene rings is 1. The molecular weight excluding hydrogens is 803 g/mol. The maximum absolute atomic E-state index is 13.9. The molecule has 0 saturated heterocycles. The number of primary amides is 1. The van der Waals surface area contributed by atoms with E-state index in [9.17, 15) is 43.5 Å². The van der Waals surface area contributed by atoms with Gasteiger partial charge in [-0.2, -0.15) is 0 Å². The predicted octanol–water partition coefficient (Wildman–Crippen LogP) is 1.79. The number of rotatable bonds is 21. The Hall–Kier alpha value is -4.55. The monoisotopic (exact) mass is 854 g/mol. The number of carboxylic acid groups (broad SMARTS) is 1. The summed E-state index contributed by atoms with van der Waals surface area (Å²) >= 11 is 1.38. The van der Waals surface area contributed by atoms with Gasteiger partial charge in [-0.3, -0.25) is 33.6 Å². The van der Waals surface area contributed by atoms with Crippen LogP contribution in [-0.2, 0) is 41.4 Å². The third-order valence-corrected chi connectivity index (χ3v) is 9.04. The van der Waals surface area contributed by atoms with Crippen molar-refractivity contribution in [3.8, 4) is 0 Å². The van der Waals surface area contributed by atoms with Crippen molar-refractivity contribution >= 4 is 76.5 Å². The van der Waals surface area contributed by atoms with E-state index in [1.165, 1.54) is 36.0 Å². The fourth-order valence-corrected chi connectivity index (χ4v) is 6.22. The minimum absolute atomic E-state index is 0.0226. The summed E-state index contributed by atoms with van der Waals surface area (Å²) in [6.07, 6.45) is 6.19. The van der Waals surface area contributed by atoms with Crippen LogP contribution in [-0.4, -0.2) is 82.7 Å². The second-order valence-corrected chi connectivity index (χ2v) is 14.0. The highest BCUT2D eigenvalue weighted by Crippen LogP contribution is 2.27. The summed E-state index contributed by atoms with van der Waals surface area (Å²) in [5, 5.41) is 22.3. The van der Waals surface area contributed by atoms with Gasteiger partial charge in [0.15, 0.2) is 23.0 Å². The predicted molar refractivity (Wildman–Crippen MR) is 202 cm³/mol. The van der Waals surface area contributed by atoms with Crippen molar-refractivity contribution in [2.24, 2.45) is 17.6 Å². The van der Waals surface area contributed by atoms with E-state index in [1.807, 2.05) is 6.07 Å². The van der Waals surface area contributed by atoms with Crippen LogP contribution in [0.15, 0.2) is 36.4 Å². The number of carbonyl (C=O) groups excluding carboxylic acids is 7. The molecule has 1 saturated carbocycles. The molecule has 292 valence electrons. The van der Waals surface area contributed by atoms with Crippen molar-refractivity contribution < 1.29 is 46.5 Å². The second-order valence-electron chi connectivity index (χ2n) is 13.6. The Morgan fingerprint density at radius 2 is 1.38 bits per heavy atom. The van der Waals surface area contributed by atoms with Crippen molar-refractivity contribution in [3.05, 3.63) is 42.0 Å². The molecule has 17 heteroatoms. The normalized spacial score (nSPS) is 15.9. The third kappa shape index (κ3) is 17.2. The molecule has 0 bridgehead atoms. The zero-order valence-corrected chi connectivity index (χ0v) is 32.4. The first kappa shape index (κ1) is 44.6. The van der Waals surface area contributed by atoms with Crippen LogP contribution in [0.25, 0.3) is 6.08 Å². The number of halogens is 1. The fraction of sp³-hybridized carbons (Fsp3) is 0.556. The van der Waals surface area contributed by atoms with Crippen LogP contribution < -0.4 is 32.3 Å². The van der Waals surface area contributed by atoms with E-state index >= 15 is 0 Å². The van der Waals surface area contributed by atoms with Crippen LogP contribution in [0, 0.1) is 11.8 Å². The third-order valence-electron chi connectivity index (χ3n) is 8.61. The number of carbonyl (C=O) groups is 8. The SMILES string of the molecule is CC(C)C[C@H](NC(=O)[C@H](CC(=O)O)NC(=O)[C@H](CC1CCCCC1)NC(=O)[C@H](CCC(N)=O)NC(=O)/C=C/c1ccccc1)C(=O)N[C@@H](C)C(=O)OI. The molecule has 2 rings (SSSR count). The molecular formula is C36H51IN6O10. The van der Waals surface area contributed by atoms with E-state index in [1.54, 1.807) is 44.2 Å². The molecule has 0 radical (unpaired) electrons. The molecule has 0 spiro atoms. The van der Waals surface area contributed by atoms with Gasteiger partial charge in [-0.15, -0.1) is 0 Å². The average molecular weight is 855 g/mol. The van der Waals surface area contributed by atoms with Gasteiger partial charge in [-0.25, -0.2) is 4.79 Å². The average Bonchev–Trinajstić information content (AvgIpc) is 3.11. The Balaban J connectivity index is 2.31. The van der Waals surface area contributed by atoms with Gasteiger partial charge in [0.1, 0.15) is 30.2 Å². The Labute approximate surface area is 323 Å². The standard InChI is InChI=1S/C36H51IN6O10/c1-21(2)18-26(33(49)39-22(3)36(52)53-37)41-35(51)28(20-31(46)47)43-34(50)27(19-24-12-8-5-9-13-24)42-32(48)25(15-16-29(38)44)40-30(45)17-14-23-10-6-4-7-11-23/h4,6-7,10-11,14,17,21-22,24-28H,5,8-9,12-13,15-16,18-20H2,1-3H3,(H2,38,44)(H,39,49)(H,40,45)(H,41,51)(H,42,48)(H,43,50)(H,46,47)/b17-14+/t22-,25-,26-,27-,28-/m0/s1. The van der Waals surface area contributed by atoms with Gasteiger partial charge in [0, 0.05) is 12.5 Å². The molecule has 1 fully saturated rings. The van der Waals surface area contributed by atoms with E-state index in [0.29, 0.717) is 0 Å². The van der Waals surface area contributed by atoms with Crippen molar-refractivity contribution in [1.29, 1.82) is 0 Å². The molecule has 0 aromatic heterocycles. The second kappa shape index (κ2) is 23.2. The summed E-state index contributed by atoms with van der Waals surface area (Å²) in [5.74, 6) is -6.89. The minimum atomic E-state index is -1.65. The molecule has 1 aromatic rings. The van der Waals surface area contributed by atoms with Crippen LogP contribution in [0.4, 0.5) is 0 Å². The van der Waals surface area contributed by atoms with E-state index in [-0.39, 0.29) is 37.5 Å². The zero-order chi connectivity index (χ0) is 39.5. The van der Waals surface area contributed by atoms with Crippen molar-refractivity contribution in [2.75, 3.05) is 0 Å². The van der Waals surface area contributed by atoms with Crippen LogP contribution in [0.1, 0.15) is 90.5 Å². The number of aliphatic carboxylic acids is 1. The number of amides is 6. The van der Waals surface area contributed by atoms with Crippen molar-refractivity contribution in [3.63, 3.8) is 0 Å². The minimum Gasteiger partial charge on any atom is -0.481 e. The highest BCUT2D eigenvalue weighted by atomic mass is 127. The van der Waals surface area contributed by atoms with Gasteiger partial charge in [-0.05, 0) is 49.7 Å². The topological polar surface area (TPSA) is 252 Å². The maximum Gasteiger partial charge on any atom is 0.337 e. The summed E-state index contributed by atoms with van der Waals surface area (Å²) < 4.78 is 4.61. The Kier molecular flexibility index (Phi) is 19.5.